The zero-order valence-corrected chi connectivity index (χ0v) is 8.89. The van der Waals surface area contributed by atoms with Crippen LogP contribution in [0.15, 0.2) is 0 Å². The summed E-state index contributed by atoms with van der Waals surface area (Å²) in [6, 6.07) is 0.339. The lowest BCUT2D eigenvalue weighted by molar-refractivity contribution is -0.142. The number of rotatable bonds is 1. The topological polar surface area (TPSA) is 38.3 Å². The Kier molecular flexibility index (Phi) is 2.96. The van der Waals surface area contributed by atoms with E-state index in [1.54, 1.807) is 0 Å². The average Bonchev–Trinajstić information content (AvgIpc) is 2.50. The van der Waals surface area contributed by atoms with Crippen LogP contribution in [-0.2, 0) is 9.53 Å². The second-order valence-corrected chi connectivity index (χ2v) is 4.74. The Morgan fingerprint density at radius 1 is 1.38 bits per heavy atom. The molecule has 0 saturated carbocycles. The Morgan fingerprint density at radius 2 is 2.00 bits per heavy atom. The van der Waals surface area contributed by atoms with Gasteiger partial charge in [-0.15, -0.1) is 0 Å². The summed E-state index contributed by atoms with van der Waals surface area (Å²) in [5.74, 6) is -0.133. The second kappa shape index (κ2) is 3.66. The molecule has 1 aliphatic heterocycles. The van der Waals surface area contributed by atoms with E-state index in [0.717, 1.165) is 12.8 Å². The minimum Gasteiger partial charge on any atom is -0.468 e. The van der Waals surface area contributed by atoms with E-state index in [0.29, 0.717) is 6.04 Å². The molecule has 76 valence electrons. The van der Waals surface area contributed by atoms with Crippen molar-refractivity contribution in [2.45, 2.75) is 45.7 Å². The molecule has 1 fully saturated rings. The van der Waals surface area contributed by atoms with E-state index in [4.69, 9.17) is 4.74 Å². The smallest absolute Gasteiger partial charge is 0.322 e. The van der Waals surface area contributed by atoms with Crippen molar-refractivity contribution >= 4 is 5.97 Å². The summed E-state index contributed by atoms with van der Waals surface area (Å²) in [6.07, 6.45) is 1.96. The Bertz CT molecular complexity index is 196. The molecule has 1 rings (SSSR count). The first-order chi connectivity index (χ1) is 5.95. The molecule has 0 aromatic heterocycles. The Morgan fingerprint density at radius 3 is 2.38 bits per heavy atom. The maximum Gasteiger partial charge on any atom is 0.322 e. The molecule has 3 heteroatoms. The molecule has 0 bridgehead atoms. The zero-order valence-electron chi connectivity index (χ0n) is 8.89. The van der Waals surface area contributed by atoms with Gasteiger partial charge in [-0.25, -0.2) is 0 Å². The van der Waals surface area contributed by atoms with Gasteiger partial charge in [-0.05, 0) is 18.3 Å². The minimum absolute atomic E-state index is 0.0887. The van der Waals surface area contributed by atoms with Crippen LogP contribution in [0.25, 0.3) is 0 Å². The highest BCUT2D eigenvalue weighted by molar-refractivity contribution is 5.76. The maximum atomic E-state index is 11.2. The first kappa shape index (κ1) is 10.5. The number of hydrogen-bond acceptors (Lipinski definition) is 3. The predicted octanol–water partition coefficient (Wildman–Crippen LogP) is 1.33. The quantitative estimate of drug-likeness (QED) is 0.626. The maximum absolute atomic E-state index is 11.2. The van der Waals surface area contributed by atoms with Crippen LogP contribution >= 0.6 is 0 Å². The molecule has 2 atom stereocenters. The molecule has 13 heavy (non-hydrogen) atoms. The van der Waals surface area contributed by atoms with Crippen LogP contribution < -0.4 is 5.32 Å². The summed E-state index contributed by atoms with van der Waals surface area (Å²) in [5.41, 5.74) is 0.225. The third kappa shape index (κ3) is 2.44. The van der Waals surface area contributed by atoms with Crippen molar-refractivity contribution < 1.29 is 9.53 Å². The van der Waals surface area contributed by atoms with E-state index >= 15 is 0 Å². The highest BCUT2D eigenvalue weighted by atomic mass is 16.5. The van der Waals surface area contributed by atoms with Crippen LogP contribution in [-0.4, -0.2) is 25.2 Å². The lowest BCUT2D eigenvalue weighted by Gasteiger charge is -2.27. The molecule has 0 amide bonds. The van der Waals surface area contributed by atoms with Gasteiger partial charge in [0.2, 0.25) is 0 Å². The van der Waals surface area contributed by atoms with Crippen molar-refractivity contribution in [1.82, 2.24) is 5.32 Å². The summed E-state index contributed by atoms with van der Waals surface area (Å²) in [5, 5.41) is 3.31. The van der Waals surface area contributed by atoms with Crippen LogP contribution in [0.4, 0.5) is 0 Å². The molecular formula is C10H19NO2. The Labute approximate surface area is 79.8 Å². The van der Waals surface area contributed by atoms with Gasteiger partial charge in [0, 0.05) is 6.04 Å². The molecule has 1 N–H and O–H groups in total. The molecule has 0 aromatic rings. The van der Waals surface area contributed by atoms with Crippen molar-refractivity contribution in [2.24, 2.45) is 5.41 Å². The Balaban J connectivity index is 2.50. The van der Waals surface area contributed by atoms with E-state index in [1.165, 1.54) is 7.11 Å². The van der Waals surface area contributed by atoms with Gasteiger partial charge in [0.05, 0.1) is 7.11 Å². The van der Waals surface area contributed by atoms with E-state index in [-0.39, 0.29) is 17.4 Å². The average molecular weight is 185 g/mol. The standard InChI is InChI=1S/C10H19NO2/c1-10(2,3)8-6-5-7(11-8)9(12)13-4/h7-8,11H,5-6H2,1-4H3/t7-,8-/m0/s1. The number of carbonyl (C=O) groups excluding carboxylic acids is 1. The third-order valence-electron chi connectivity index (χ3n) is 2.68. The van der Waals surface area contributed by atoms with Crippen molar-refractivity contribution in [3.8, 4) is 0 Å². The SMILES string of the molecule is COC(=O)[C@@H]1CC[C@@H](C(C)(C)C)N1. The lowest BCUT2D eigenvalue weighted by Crippen LogP contribution is -2.42. The fourth-order valence-corrected chi connectivity index (χ4v) is 1.75. The molecule has 1 saturated heterocycles. The van der Waals surface area contributed by atoms with Gasteiger partial charge in [-0.1, -0.05) is 20.8 Å². The molecule has 0 radical (unpaired) electrons. The van der Waals surface area contributed by atoms with Crippen LogP contribution in [0.1, 0.15) is 33.6 Å². The van der Waals surface area contributed by atoms with Gasteiger partial charge in [0.15, 0.2) is 0 Å². The molecule has 0 aliphatic carbocycles. The third-order valence-corrected chi connectivity index (χ3v) is 2.68. The number of carbonyl (C=O) groups is 1. The number of nitrogens with one attached hydrogen (secondary N) is 1. The number of ether oxygens (including phenoxy) is 1. The molecular weight excluding hydrogens is 166 g/mol. The summed E-state index contributed by atoms with van der Waals surface area (Å²) in [4.78, 5) is 11.2. The molecule has 1 aliphatic rings. The monoisotopic (exact) mass is 185 g/mol. The van der Waals surface area contributed by atoms with E-state index in [2.05, 4.69) is 26.1 Å². The van der Waals surface area contributed by atoms with Gasteiger partial charge < -0.3 is 10.1 Å². The van der Waals surface area contributed by atoms with Crippen molar-refractivity contribution in [1.29, 1.82) is 0 Å². The van der Waals surface area contributed by atoms with Gasteiger partial charge >= 0.3 is 5.97 Å². The number of hydrogen-bond donors (Lipinski definition) is 1. The second-order valence-electron chi connectivity index (χ2n) is 4.74. The summed E-state index contributed by atoms with van der Waals surface area (Å²) in [6.45, 7) is 6.55. The normalized spacial score (nSPS) is 28.9. The van der Waals surface area contributed by atoms with Crippen molar-refractivity contribution in [3.05, 3.63) is 0 Å². The fourth-order valence-electron chi connectivity index (χ4n) is 1.75. The Hall–Kier alpha value is -0.570. The zero-order chi connectivity index (χ0) is 10.1. The van der Waals surface area contributed by atoms with Crippen molar-refractivity contribution in [3.63, 3.8) is 0 Å². The first-order valence-corrected chi connectivity index (χ1v) is 4.79. The van der Waals surface area contributed by atoms with Crippen LogP contribution in [0, 0.1) is 5.41 Å². The molecule has 0 spiro atoms. The van der Waals surface area contributed by atoms with Crippen LogP contribution in [0.5, 0.6) is 0 Å². The minimum atomic E-state index is -0.133. The largest absolute Gasteiger partial charge is 0.468 e. The van der Waals surface area contributed by atoms with Crippen LogP contribution in [0.3, 0.4) is 0 Å². The summed E-state index contributed by atoms with van der Waals surface area (Å²) < 4.78 is 4.69. The number of esters is 1. The fraction of sp³-hybridized carbons (Fsp3) is 0.900. The van der Waals surface area contributed by atoms with Gasteiger partial charge in [0.25, 0.3) is 0 Å². The predicted molar refractivity (Wildman–Crippen MR) is 51.4 cm³/mol. The highest BCUT2D eigenvalue weighted by Gasteiger charge is 2.35. The van der Waals surface area contributed by atoms with Crippen LogP contribution in [0.2, 0.25) is 0 Å². The van der Waals surface area contributed by atoms with E-state index in [1.807, 2.05) is 0 Å². The summed E-state index contributed by atoms with van der Waals surface area (Å²) in [7, 11) is 1.44. The van der Waals surface area contributed by atoms with Crippen molar-refractivity contribution in [2.75, 3.05) is 7.11 Å². The molecule has 0 unspecified atom stereocenters. The van der Waals surface area contributed by atoms with Gasteiger partial charge in [0.1, 0.15) is 6.04 Å². The summed E-state index contributed by atoms with van der Waals surface area (Å²) >= 11 is 0. The first-order valence-electron chi connectivity index (χ1n) is 4.79. The highest BCUT2D eigenvalue weighted by Crippen LogP contribution is 2.28. The number of methoxy groups -OCH3 is 1. The van der Waals surface area contributed by atoms with E-state index < -0.39 is 0 Å². The molecule has 3 nitrogen and oxygen atoms in total. The molecule has 1 heterocycles. The van der Waals surface area contributed by atoms with Gasteiger partial charge in [-0.2, -0.15) is 0 Å². The molecule has 0 aromatic carbocycles. The lowest BCUT2D eigenvalue weighted by atomic mass is 9.86. The van der Waals surface area contributed by atoms with Gasteiger partial charge in [-0.3, -0.25) is 4.79 Å². The van der Waals surface area contributed by atoms with E-state index in [9.17, 15) is 4.79 Å².